The summed E-state index contributed by atoms with van der Waals surface area (Å²) in [5.74, 6) is -1.89. The van der Waals surface area contributed by atoms with Crippen molar-refractivity contribution >= 4 is 21.9 Å². The summed E-state index contributed by atoms with van der Waals surface area (Å²) >= 11 is 1.92. The Labute approximate surface area is 85.4 Å². The van der Waals surface area contributed by atoms with E-state index < -0.39 is 22.4 Å². The highest BCUT2D eigenvalue weighted by Crippen LogP contribution is 2.28. The second-order valence-electron chi connectivity index (χ2n) is 2.33. The predicted octanol–water partition coefficient (Wildman–Crippen LogP) is 1.44. The second-order valence-corrected chi connectivity index (χ2v) is 3.26. The van der Waals surface area contributed by atoms with Gasteiger partial charge in [0.15, 0.2) is 11.4 Å². The summed E-state index contributed by atoms with van der Waals surface area (Å²) in [4.78, 5) is 10.6. The molecule has 0 saturated carbocycles. The molecule has 0 aliphatic rings. The van der Waals surface area contributed by atoms with Gasteiger partial charge in [-0.25, -0.2) is 4.79 Å². The molecule has 0 aliphatic heterocycles. The zero-order valence-electron chi connectivity index (χ0n) is 6.87. The lowest BCUT2D eigenvalue weighted by atomic mass is 10.4. The fourth-order valence-corrected chi connectivity index (χ4v) is 1.03. The van der Waals surface area contributed by atoms with Gasteiger partial charge in [0.05, 0.1) is 6.20 Å². The van der Waals surface area contributed by atoms with Crippen LogP contribution in [0, 0.1) is 0 Å². The Balaban J connectivity index is 3.04. The normalized spacial score (nSPS) is 11.4. The lowest BCUT2D eigenvalue weighted by Gasteiger charge is -2.09. The summed E-state index contributed by atoms with van der Waals surface area (Å²) in [6.45, 7) is 0. The number of aromatic carboxylic acids is 1. The van der Waals surface area contributed by atoms with Crippen molar-refractivity contribution in [2.75, 3.05) is 0 Å². The molecular weight excluding hydrogens is 266 g/mol. The van der Waals surface area contributed by atoms with E-state index in [1.807, 2.05) is 15.9 Å². The van der Waals surface area contributed by atoms with E-state index in [2.05, 4.69) is 9.84 Å². The number of hydrogen-bond donors (Lipinski definition) is 1. The largest absolute Gasteiger partial charge is 0.476 e. The zero-order chi connectivity index (χ0) is 10.9. The Morgan fingerprint density at radius 3 is 2.79 bits per heavy atom. The molecule has 0 bridgehead atoms. The molecule has 1 N–H and O–H groups in total. The number of hydrogen-bond acceptors (Lipinski definition) is 3. The molecule has 0 radical (unpaired) electrons. The van der Waals surface area contributed by atoms with Gasteiger partial charge < -0.3 is 9.84 Å². The Bertz CT molecular complexity index is 360. The average Bonchev–Trinajstić information content (AvgIpc) is 2.27. The molecule has 1 heterocycles. The highest BCUT2D eigenvalue weighted by molar-refractivity contribution is 9.09. The van der Waals surface area contributed by atoms with E-state index in [1.165, 1.54) is 7.05 Å². The molecule has 0 atom stereocenters. The minimum Gasteiger partial charge on any atom is -0.476 e. The average molecular weight is 271 g/mol. The SMILES string of the molecule is Cn1ncc(OC(F)(F)Br)c1C(=O)O. The maximum absolute atomic E-state index is 12.3. The first kappa shape index (κ1) is 10.9. The molecule has 1 aromatic rings. The monoisotopic (exact) mass is 270 g/mol. The first-order valence-corrected chi connectivity index (χ1v) is 4.11. The van der Waals surface area contributed by atoms with Crippen LogP contribution in [0.3, 0.4) is 0 Å². The van der Waals surface area contributed by atoms with Crippen LogP contribution in [0.4, 0.5) is 8.78 Å². The van der Waals surface area contributed by atoms with Gasteiger partial charge in [0, 0.05) is 23.0 Å². The van der Waals surface area contributed by atoms with Crippen LogP contribution in [0.2, 0.25) is 0 Å². The number of carboxylic acid groups (broad SMARTS) is 1. The fraction of sp³-hybridized carbons (Fsp3) is 0.333. The number of aryl methyl sites for hydroxylation is 1. The fourth-order valence-electron chi connectivity index (χ4n) is 0.861. The van der Waals surface area contributed by atoms with Gasteiger partial charge in [-0.2, -0.15) is 13.9 Å². The van der Waals surface area contributed by atoms with Crippen LogP contribution in [0.15, 0.2) is 6.20 Å². The number of carboxylic acids is 1. The molecular formula is C6H5BrF2N2O3. The van der Waals surface area contributed by atoms with Gasteiger partial charge in [-0.3, -0.25) is 4.68 Å². The maximum Gasteiger partial charge on any atom is 0.459 e. The first-order valence-electron chi connectivity index (χ1n) is 3.32. The minimum atomic E-state index is -3.61. The predicted molar refractivity (Wildman–Crippen MR) is 44.7 cm³/mol. The highest BCUT2D eigenvalue weighted by Gasteiger charge is 2.30. The number of alkyl halides is 3. The van der Waals surface area contributed by atoms with Gasteiger partial charge in [-0.1, -0.05) is 0 Å². The van der Waals surface area contributed by atoms with E-state index in [0.29, 0.717) is 0 Å². The smallest absolute Gasteiger partial charge is 0.459 e. The summed E-state index contributed by atoms with van der Waals surface area (Å²) in [5.41, 5.74) is -0.441. The van der Waals surface area contributed by atoms with Crippen LogP contribution < -0.4 is 4.74 Å². The van der Waals surface area contributed by atoms with Crippen molar-refractivity contribution in [1.82, 2.24) is 9.78 Å². The molecule has 0 aromatic carbocycles. The summed E-state index contributed by atoms with van der Waals surface area (Å²) in [5, 5.41) is 8.50. The molecule has 8 heteroatoms. The Morgan fingerprint density at radius 1 is 1.79 bits per heavy atom. The summed E-state index contributed by atoms with van der Waals surface area (Å²) in [6, 6.07) is 0. The van der Waals surface area contributed by atoms with E-state index in [0.717, 1.165) is 10.9 Å². The number of ether oxygens (including phenoxy) is 1. The van der Waals surface area contributed by atoms with Crippen LogP contribution in [-0.2, 0) is 7.05 Å². The lowest BCUT2D eigenvalue weighted by molar-refractivity contribution is -0.0807. The van der Waals surface area contributed by atoms with Gasteiger partial charge >= 0.3 is 11.0 Å². The third-order valence-electron chi connectivity index (χ3n) is 1.33. The van der Waals surface area contributed by atoms with Gasteiger partial charge in [-0.05, 0) is 0 Å². The van der Waals surface area contributed by atoms with Crippen molar-refractivity contribution in [3.8, 4) is 5.75 Å². The number of nitrogens with zero attached hydrogens (tertiary/aromatic N) is 2. The molecule has 1 aromatic heterocycles. The molecule has 0 fully saturated rings. The second kappa shape index (κ2) is 3.52. The van der Waals surface area contributed by atoms with Crippen LogP contribution in [0.5, 0.6) is 5.75 Å². The molecule has 0 saturated heterocycles. The van der Waals surface area contributed by atoms with Crippen LogP contribution >= 0.6 is 15.9 Å². The Kier molecular flexibility index (Phi) is 2.74. The third-order valence-corrected chi connectivity index (χ3v) is 1.50. The topological polar surface area (TPSA) is 64.4 Å². The van der Waals surface area contributed by atoms with Crippen molar-refractivity contribution in [2.24, 2.45) is 7.05 Å². The first-order chi connectivity index (χ1) is 6.31. The van der Waals surface area contributed by atoms with Gasteiger partial charge in [0.1, 0.15) is 0 Å². The van der Waals surface area contributed by atoms with Crippen molar-refractivity contribution in [1.29, 1.82) is 0 Å². The Morgan fingerprint density at radius 2 is 2.36 bits per heavy atom. The lowest BCUT2D eigenvalue weighted by Crippen LogP contribution is -2.17. The molecule has 0 spiro atoms. The number of carbonyl (C=O) groups is 1. The zero-order valence-corrected chi connectivity index (χ0v) is 8.46. The van der Waals surface area contributed by atoms with Crippen molar-refractivity contribution in [3.63, 3.8) is 0 Å². The van der Waals surface area contributed by atoms with Gasteiger partial charge in [0.2, 0.25) is 0 Å². The molecule has 0 unspecified atom stereocenters. The quantitative estimate of drug-likeness (QED) is 0.845. The summed E-state index contributed by atoms with van der Waals surface area (Å²) in [7, 11) is 1.31. The van der Waals surface area contributed by atoms with Crippen LogP contribution in [-0.4, -0.2) is 25.9 Å². The van der Waals surface area contributed by atoms with Crippen LogP contribution in [0.25, 0.3) is 0 Å². The molecule has 5 nitrogen and oxygen atoms in total. The van der Waals surface area contributed by atoms with E-state index in [1.54, 1.807) is 0 Å². The van der Waals surface area contributed by atoms with Gasteiger partial charge in [-0.15, -0.1) is 0 Å². The van der Waals surface area contributed by atoms with Crippen molar-refractivity contribution < 1.29 is 23.4 Å². The number of aromatic nitrogens is 2. The van der Waals surface area contributed by atoms with E-state index in [9.17, 15) is 13.6 Å². The van der Waals surface area contributed by atoms with E-state index >= 15 is 0 Å². The molecule has 0 amide bonds. The molecule has 14 heavy (non-hydrogen) atoms. The third kappa shape index (κ3) is 2.41. The van der Waals surface area contributed by atoms with Crippen LogP contribution in [0.1, 0.15) is 10.5 Å². The summed E-state index contributed by atoms with van der Waals surface area (Å²) in [6.07, 6.45) is 0.901. The van der Waals surface area contributed by atoms with Crippen molar-refractivity contribution in [3.05, 3.63) is 11.9 Å². The number of rotatable bonds is 3. The summed E-state index contributed by atoms with van der Waals surface area (Å²) < 4.78 is 29.6. The molecule has 0 aliphatic carbocycles. The number of halogens is 3. The van der Waals surface area contributed by atoms with Gasteiger partial charge in [0.25, 0.3) is 0 Å². The van der Waals surface area contributed by atoms with Crippen molar-refractivity contribution in [2.45, 2.75) is 5.02 Å². The van der Waals surface area contributed by atoms with E-state index in [4.69, 9.17) is 5.11 Å². The molecule has 1 rings (SSSR count). The minimum absolute atomic E-state index is 0.441. The standard InChI is InChI=1S/C6H5BrF2N2O3/c1-11-4(5(12)13)3(2-10-11)14-6(7,8)9/h2H,1H3,(H,12,13). The maximum atomic E-state index is 12.3. The highest BCUT2D eigenvalue weighted by atomic mass is 79.9. The Hall–Kier alpha value is -1.18. The molecule has 78 valence electrons. The van der Waals surface area contributed by atoms with E-state index in [-0.39, 0.29) is 0 Å².